The van der Waals surface area contributed by atoms with Crippen LogP contribution in [0.15, 0.2) is 30.3 Å². The van der Waals surface area contributed by atoms with Gasteiger partial charge in [0.2, 0.25) is 5.91 Å². The summed E-state index contributed by atoms with van der Waals surface area (Å²) < 4.78 is 7.51. The first-order valence-electron chi connectivity index (χ1n) is 13.9. The van der Waals surface area contributed by atoms with Gasteiger partial charge in [0.15, 0.2) is 0 Å². The Morgan fingerprint density at radius 1 is 1.08 bits per heavy atom. The molecule has 0 bridgehead atoms. The third kappa shape index (κ3) is 5.76. The van der Waals surface area contributed by atoms with Gasteiger partial charge in [0, 0.05) is 18.2 Å². The molecular formula is C29H42N4O3. The fourth-order valence-corrected chi connectivity index (χ4v) is 5.35. The predicted molar refractivity (Wildman–Crippen MR) is 142 cm³/mol. The number of nitrogens with one attached hydrogen (secondary N) is 1. The fourth-order valence-electron chi connectivity index (χ4n) is 5.35. The van der Waals surface area contributed by atoms with Gasteiger partial charge < -0.3 is 15.0 Å². The summed E-state index contributed by atoms with van der Waals surface area (Å²) in [4.78, 5) is 29.1. The highest BCUT2D eigenvalue weighted by atomic mass is 16.5. The van der Waals surface area contributed by atoms with E-state index in [4.69, 9.17) is 9.84 Å². The minimum absolute atomic E-state index is 0.0637. The lowest BCUT2D eigenvalue weighted by atomic mass is 9.92. The molecule has 0 saturated heterocycles. The van der Waals surface area contributed by atoms with Gasteiger partial charge in [-0.25, -0.2) is 0 Å². The van der Waals surface area contributed by atoms with Crippen LogP contribution in [-0.2, 0) is 11.3 Å². The van der Waals surface area contributed by atoms with E-state index in [1.54, 1.807) is 9.58 Å². The van der Waals surface area contributed by atoms with Gasteiger partial charge in [-0.15, -0.1) is 0 Å². The van der Waals surface area contributed by atoms with E-state index in [1.807, 2.05) is 44.2 Å². The van der Waals surface area contributed by atoms with E-state index < -0.39 is 5.54 Å². The van der Waals surface area contributed by atoms with Crippen molar-refractivity contribution in [1.82, 2.24) is 20.0 Å². The Morgan fingerprint density at radius 2 is 1.78 bits per heavy atom. The summed E-state index contributed by atoms with van der Waals surface area (Å²) in [6.07, 6.45) is 11.0. The zero-order valence-electron chi connectivity index (χ0n) is 22.2. The van der Waals surface area contributed by atoms with Gasteiger partial charge in [-0.05, 0) is 62.9 Å². The van der Waals surface area contributed by atoms with Crippen LogP contribution in [0.5, 0.6) is 5.75 Å². The molecule has 1 fully saturated rings. The number of amides is 2. The average Bonchev–Trinajstić information content (AvgIpc) is 3.28. The van der Waals surface area contributed by atoms with E-state index in [9.17, 15) is 9.59 Å². The van der Waals surface area contributed by atoms with Crippen LogP contribution in [0.4, 0.5) is 0 Å². The zero-order chi connectivity index (χ0) is 25.5. The van der Waals surface area contributed by atoms with Crippen LogP contribution in [0, 0.1) is 0 Å². The topological polar surface area (TPSA) is 76.5 Å². The maximum atomic E-state index is 13.7. The van der Waals surface area contributed by atoms with Crippen LogP contribution >= 0.6 is 0 Å². The average molecular weight is 495 g/mol. The Morgan fingerprint density at radius 3 is 2.44 bits per heavy atom. The Hall–Kier alpha value is -2.83. The molecule has 1 aliphatic heterocycles. The highest BCUT2D eigenvalue weighted by Gasteiger charge is 2.48. The molecule has 2 amide bonds. The monoisotopic (exact) mass is 494 g/mol. The zero-order valence-corrected chi connectivity index (χ0v) is 22.2. The molecule has 0 unspecified atom stereocenters. The van der Waals surface area contributed by atoms with Crippen molar-refractivity contribution >= 4 is 11.8 Å². The van der Waals surface area contributed by atoms with Crippen molar-refractivity contribution in [3.63, 3.8) is 0 Å². The first kappa shape index (κ1) is 26.2. The van der Waals surface area contributed by atoms with Crippen molar-refractivity contribution < 1.29 is 14.3 Å². The normalized spacial score (nSPS) is 21.0. The highest BCUT2D eigenvalue weighted by Crippen LogP contribution is 2.31. The minimum Gasteiger partial charge on any atom is -0.494 e. The summed E-state index contributed by atoms with van der Waals surface area (Å²) in [5.74, 6) is 0.641. The van der Waals surface area contributed by atoms with Crippen molar-refractivity contribution in [2.45, 2.75) is 103 Å². The third-order valence-electron chi connectivity index (χ3n) is 7.59. The van der Waals surface area contributed by atoms with Gasteiger partial charge in [-0.3, -0.25) is 14.3 Å². The lowest BCUT2D eigenvalue weighted by molar-refractivity contribution is -0.134. The van der Waals surface area contributed by atoms with E-state index >= 15 is 0 Å². The number of carbonyl (C=O) groups excluding carboxylic acids is 2. The molecule has 0 spiro atoms. The molecule has 1 aromatic heterocycles. The predicted octanol–water partition coefficient (Wildman–Crippen LogP) is 5.58. The lowest BCUT2D eigenvalue weighted by Gasteiger charge is -2.43. The van der Waals surface area contributed by atoms with Gasteiger partial charge >= 0.3 is 0 Å². The van der Waals surface area contributed by atoms with E-state index in [1.165, 1.54) is 19.3 Å². The van der Waals surface area contributed by atoms with E-state index in [-0.39, 0.29) is 17.9 Å². The molecule has 1 N–H and O–H groups in total. The maximum absolute atomic E-state index is 13.7. The lowest BCUT2D eigenvalue weighted by Crippen LogP contribution is -2.65. The number of carbonyl (C=O) groups is 2. The summed E-state index contributed by atoms with van der Waals surface area (Å²) in [5.41, 5.74) is 1.23. The molecule has 1 atom stereocenters. The number of ether oxygens (including phenoxy) is 1. The standard InChI is InChI=1S/C29H42N4O3/c1-4-6-19-36-24-16-14-22(15-17-24)25-20-26-27(34)32(18-5-2)29(3,21-33(26)31-25)28(35)30-23-12-10-8-7-9-11-13-23/h14-17,20,23H,4-13,18-19,21H2,1-3H3,(H,30,35)/t29-/m0/s1. The summed E-state index contributed by atoms with van der Waals surface area (Å²) in [6, 6.07) is 9.88. The van der Waals surface area contributed by atoms with Crippen LogP contribution in [0.2, 0.25) is 0 Å². The number of rotatable bonds is 9. The van der Waals surface area contributed by atoms with Gasteiger partial charge in [0.05, 0.1) is 18.8 Å². The summed E-state index contributed by atoms with van der Waals surface area (Å²) in [6.45, 7) is 7.68. The Balaban J connectivity index is 1.54. The van der Waals surface area contributed by atoms with Gasteiger partial charge in [-0.2, -0.15) is 5.10 Å². The number of hydrogen-bond donors (Lipinski definition) is 1. The van der Waals surface area contributed by atoms with Crippen molar-refractivity contribution in [3.05, 3.63) is 36.0 Å². The molecule has 36 heavy (non-hydrogen) atoms. The fraction of sp³-hybridized carbons (Fsp3) is 0.621. The molecule has 2 aliphatic rings. The number of nitrogens with zero attached hydrogens (tertiary/aromatic N) is 3. The SMILES string of the molecule is CCCCOc1ccc(-c2cc3n(n2)C[C@@](C)(C(=O)NC2CCCCCCC2)N(CCC)C3=O)cc1. The van der Waals surface area contributed by atoms with Crippen molar-refractivity contribution in [2.75, 3.05) is 13.2 Å². The van der Waals surface area contributed by atoms with Crippen molar-refractivity contribution in [2.24, 2.45) is 0 Å². The number of fused-ring (bicyclic) bond motifs is 1. The molecule has 1 saturated carbocycles. The van der Waals surface area contributed by atoms with Crippen LogP contribution in [-0.4, -0.2) is 51.2 Å². The van der Waals surface area contributed by atoms with Gasteiger partial charge in [-0.1, -0.05) is 52.4 Å². The van der Waals surface area contributed by atoms with Crippen LogP contribution in [0.3, 0.4) is 0 Å². The molecule has 4 rings (SSSR count). The van der Waals surface area contributed by atoms with E-state index in [0.29, 0.717) is 25.4 Å². The molecule has 1 aromatic carbocycles. The van der Waals surface area contributed by atoms with E-state index in [2.05, 4.69) is 12.2 Å². The Bertz CT molecular complexity index is 1020. The molecule has 2 aromatic rings. The summed E-state index contributed by atoms with van der Waals surface area (Å²) in [7, 11) is 0. The summed E-state index contributed by atoms with van der Waals surface area (Å²) >= 11 is 0. The first-order chi connectivity index (χ1) is 17.5. The second-order valence-corrected chi connectivity index (χ2v) is 10.5. The molecule has 0 radical (unpaired) electrons. The highest BCUT2D eigenvalue weighted by molar-refractivity contribution is 6.00. The van der Waals surface area contributed by atoms with Crippen molar-refractivity contribution in [3.8, 4) is 17.0 Å². The van der Waals surface area contributed by atoms with Gasteiger partial charge in [0.1, 0.15) is 17.0 Å². The maximum Gasteiger partial charge on any atom is 0.273 e. The number of aromatic nitrogens is 2. The second-order valence-electron chi connectivity index (χ2n) is 10.5. The largest absolute Gasteiger partial charge is 0.494 e. The molecule has 7 nitrogen and oxygen atoms in total. The Kier molecular flexibility index (Phi) is 8.70. The Labute approximate surface area is 215 Å². The molecule has 7 heteroatoms. The second kappa shape index (κ2) is 11.9. The summed E-state index contributed by atoms with van der Waals surface area (Å²) in [5, 5.41) is 8.09. The quantitative estimate of drug-likeness (QED) is 0.462. The first-order valence-corrected chi connectivity index (χ1v) is 13.9. The van der Waals surface area contributed by atoms with Crippen LogP contribution in [0.25, 0.3) is 11.3 Å². The molecular weight excluding hydrogens is 452 g/mol. The number of unbranched alkanes of at least 4 members (excludes halogenated alkanes) is 1. The smallest absolute Gasteiger partial charge is 0.273 e. The van der Waals surface area contributed by atoms with Crippen molar-refractivity contribution in [1.29, 1.82) is 0 Å². The molecule has 196 valence electrons. The third-order valence-corrected chi connectivity index (χ3v) is 7.59. The molecule has 1 aliphatic carbocycles. The minimum atomic E-state index is -0.970. The van der Waals surface area contributed by atoms with E-state index in [0.717, 1.165) is 62.0 Å². The number of benzene rings is 1. The number of hydrogen-bond acceptors (Lipinski definition) is 4. The van der Waals surface area contributed by atoms with Crippen LogP contribution in [0.1, 0.15) is 95.5 Å². The molecule has 2 heterocycles. The van der Waals surface area contributed by atoms with Gasteiger partial charge in [0.25, 0.3) is 5.91 Å². The van der Waals surface area contributed by atoms with Crippen LogP contribution < -0.4 is 10.1 Å².